The summed E-state index contributed by atoms with van der Waals surface area (Å²) in [5, 5.41) is 10.7. The quantitative estimate of drug-likeness (QED) is 0.0222. The normalized spacial score (nSPS) is 13.9. The lowest BCUT2D eigenvalue weighted by Gasteiger charge is -2.21. The molecule has 0 aliphatic rings. The lowest BCUT2D eigenvalue weighted by atomic mass is 10.0. The Balaban J connectivity index is 5.24. The highest BCUT2D eigenvalue weighted by Gasteiger charge is 2.30. The van der Waals surface area contributed by atoms with Gasteiger partial charge in [0.25, 0.3) is 0 Å². The molecule has 0 heterocycles. The zero-order valence-electron chi connectivity index (χ0n) is 67.6. The van der Waals surface area contributed by atoms with Gasteiger partial charge >= 0.3 is 39.5 Å². The molecule has 0 spiro atoms. The first-order chi connectivity index (χ1) is 49.9. The molecule has 5 atom stereocenters. The lowest BCUT2D eigenvalue weighted by molar-refractivity contribution is -0.161. The van der Waals surface area contributed by atoms with E-state index in [9.17, 15) is 43.2 Å². The molecular formula is C84H164O17P2. The third kappa shape index (κ3) is 78.0. The Morgan fingerprint density at radius 1 is 0.262 bits per heavy atom. The van der Waals surface area contributed by atoms with Crippen LogP contribution in [0.3, 0.4) is 0 Å². The zero-order chi connectivity index (χ0) is 75.6. The van der Waals surface area contributed by atoms with Crippen LogP contribution in [0.5, 0.6) is 0 Å². The third-order valence-corrected chi connectivity index (χ3v) is 21.6. The molecule has 612 valence electrons. The van der Waals surface area contributed by atoms with E-state index in [1.807, 2.05) is 0 Å². The van der Waals surface area contributed by atoms with Crippen LogP contribution in [0.15, 0.2) is 0 Å². The number of rotatable bonds is 83. The molecule has 0 amide bonds. The maximum Gasteiger partial charge on any atom is 0.472 e. The molecule has 0 saturated carbocycles. The van der Waals surface area contributed by atoms with E-state index in [0.717, 1.165) is 102 Å². The Bertz CT molecular complexity index is 1980. The number of esters is 4. The third-order valence-electron chi connectivity index (χ3n) is 19.7. The summed E-state index contributed by atoms with van der Waals surface area (Å²) < 4.78 is 68.8. The molecular weight excluding hydrogens is 1340 g/mol. The van der Waals surface area contributed by atoms with E-state index in [1.54, 1.807) is 0 Å². The molecule has 0 aromatic rings. The number of aliphatic hydroxyl groups excluding tert-OH is 1. The van der Waals surface area contributed by atoms with Crippen LogP contribution < -0.4 is 0 Å². The largest absolute Gasteiger partial charge is 0.472 e. The first kappa shape index (κ1) is 101. The Hall–Kier alpha value is -1.94. The maximum absolute atomic E-state index is 13.1. The molecule has 0 saturated heterocycles. The number of hydrogen-bond acceptors (Lipinski definition) is 15. The van der Waals surface area contributed by atoms with Gasteiger partial charge < -0.3 is 33.8 Å². The summed E-state index contributed by atoms with van der Waals surface area (Å²) in [6.45, 7) is 9.70. The van der Waals surface area contributed by atoms with Crippen molar-refractivity contribution in [2.24, 2.45) is 11.8 Å². The summed E-state index contributed by atoms with van der Waals surface area (Å²) in [6.07, 6.45) is 66.5. The van der Waals surface area contributed by atoms with Crippen molar-refractivity contribution in [3.05, 3.63) is 0 Å². The van der Waals surface area contributed by atoms with Gasteiger partial charge in [-0.2, -0.15) is 0 Å². The predicted octanol–water partition coefficient (Wildman–Crippen LogP) is 25.5. The molecule has 0 rings (SSSR count). The van der Waals surface area contributed by atoms with Crippen molar-refractivity contribution in [1.29, 1.82) is 0 Å². The van der Waals surface area contributed by atoms with Crippen LogP contribution in [0.2, 0.25) is 0 Å². The van der Waals surface area contributed by atoms with Crippen LogP contribution in [0.1, 0.15) is 446 Å². The molecule has 3 N–H and O–H groups in total. The fourth-order valence-corrected chi connectivity index (χ4v) is 14.6. The molecule has 19 heteroatoms. The molecule has 0 aliphatic carbocycles. The van der Waals surface area contributed by atoms with Gasteiger partial charge in [-0.25, -0.2) is 9.13 Å². The van der Waals surface area contributed by atoms with E-state index >= 15 is 0 Å². The van der Waals surface area contributed by atoms with Crippen molar-refractivity contribution >= 4 is 39.5 Å². The van der Waals surface area contributed by atoms with Gasteiger partial charge in [-0.3, -0.25) is 37.3 Å². The first-order valence-corrected chi connectivity index (χ1v) is 46.5. The summed E-state index contributed by atoms with van der Waals surface area (Å²) >= 11 is 0. The van der Waals surface area contributed by atoms with E-state index in [0.29, 0.717) is 25.7 Å². The number of ether oxygens (including phenoxy) is 4. The Morgan fingerprint density at radius 3 is 0.660 bits per heavy atom. The van der Waals surface area contributed by atoms with Crippen molar-refractivity contribution in [2.45, 2.75) is 464 Å². The molecule has 0 bridgehead atoms. The van der Waals surface area contributed by atoms with E-state index < -0.39 is 97.5 Å². The highest BCUT2D eigenvalue weighted by molar-refractivity contribution is 7.47. The summed E-state index contributed by atoms with van der Waals surface area (Å²) in [4.78, 5) is 73.1. The van der Waals surface area contributed by atoms with Crippen molar-refractivity contribution in [3.8, 4) is 0 Å². The van der Waals surface area contributed by atoms with Gasteiger partial charge in [0, 0.05) is 25.7 Å². The van der Waals surface area contributed by atoms with E-state index in [4.69, 9.17) is 37.0 Å². The molecule has 17 nitrogen and oxygen atoms in total. The molecule has 0 aromatic carbocycles. The highest BCUT2D eigenvalue weighted by Crippen LogP contribution is 2.45. The summed E-state index contributed by atoms with van der Waals surface area (Å²) in [5.41, 5.74) is 0. The molecule has 0 aliphatic heterocycles. The predicted molar refractivity (Wildman–Crippen MR) is 423 cm³/mol. The van der Waals surface area contributed by atoms with Gasteiger partial charge in [0.15, 0.2) is 12.2 Å². The van der Waals surface area contributed by atoms with Crippen molar-refractivity contribution in [1.82, 2.24) is 0 Å². The Morgan fingerprint density at radius 2 is 0.447 bits per heavy atom. The van der Waals surface area contributed by atoms with E-state index in [2.05, 4.69) is 41.5 Å². The SMILES string of the molecule is CCCCCCCCCCCCCCCCCCC(=O)OC[C@H](COP(=O)(O)OC[C@@H](O)COP(=O)(O)OC[C@@H](COC(=O)CCCCCCCCCCCCC)OC(=O)CCCCCCCCCCCCCCC(C)C)OC(=O)CCCCCCCCCCCCCCCCCCCCC(C)C. The van der Waals surface area contributed by atoms with Crippen LogP contribution in [0, 0.1) is 11.8 Å². The minimum Gasteiger partial charge on any atom is -0.462 e. The summed E-state index contributed by atoms with van der Waals surface area (Å²) in [5.74, 6) is -0.506. The van der Waals surface area contributed by atoms with Crippen LogP contribution in [0.4, 0.5) is 0 Å². The molecule has 2 unspecified atom stereocenters. The first-order valence-electron chi connectivity index (χ1n) is 43.5. The van der Waals surface area contributed by atoms with Crippen LogP contribution >= 0.6 is 15.6 Å². The minimum atomic E-state index is -4.96. The zero-order valence-corrected chi connectivity index (χ0v) is 69.4. The number of unbranched alkanes of at least 4 members (excludes halogenated alkanes) is 53. The van der Waals surface area contributed by atoms with Crippen LogP contribution in [-0.4, -0.2) is 96.7 Å². The number of phosphoric ester groups is 2. The van der Waals surface area contributed by atoms with Crippen LogP contribution in [-0.2, 0) is 65.4 Å². The highest BCUT2D eigenvalue weighted by atomic mass is 31.2. The molecule has 0 aromatic heterocycles. The van der Waals surface area contributed by atoms with E-state index in [-0.39, 0.29) is 25.7 Å². The average Bonchev–Trinajstić information content (AvgIpc) is 0.915. The topological polar surface area (TPSA) is 237 Å². The average molecular weight is 1510 g/mol. The second-order valence-electron chi connectivity index (χ2n) is 31.2. The molecule has 103 heavy (non-hydrogen) atoms. The monoisotopic (exact) mass is 1510 g/mol. The molecule has 0 radical (unpaired) electrons. The number of carbonyl (C=O) groups excluding carboxylic acids is 4. The summed E-state index contributed by atoms with van der Waals surface area (Å²) in [7, 11) is -9.92. The van der Waals surface area contributed by atoms with Crippen molar-refractivity contribution in [2.75, 3.05) is 39.6 Å². The standard InChI is InChI=1S/C84H164O17P2/c1-7-9-11-13-15-17-19-20-21-27-30-37-43-49-55-61-67-82(87)95-73-80(100-83(88)68-62-56-50-44-38-31-28-25-23-22-24-26-29-35-40-46-52-58-64-76(3)4)75-99-103(92,93)97-71-78(85)70-96-102(90,91)98-74-79(72-94-81(86)66-60-54-48-42-34-18-16-14-12-10-8-2)101-84(89)69-63-57-51-45-39-33-32-36-41-47-53-59-65-77(5)6/h76-80,85H,7-75H2,1-6H3,(H,90,91)(H,92,93)/t78-,79+,80+/m0/s1. The Kier molecular flexibility index (Phi) is 74.1. The van der Waals surface area contributed by atoms with Gasteiger partial charge in [-0.1, -0.05) is 395 Å². The van der Waals surface area contributed by atoms with Crippen molar-refractivity contribution in [3.63, 3.8) is 0 Å². The fourth-order valence-electron chi connectivity index (χ4n) is 13.1. The number of aliphatic hydroxyl groups is 1. The fraction of sp³-hybridized carbons (Fsp3) is 0.952. The second-order valence-corrected chi connectivity index (χ2v) is 34.1. The maximum atomic E-state index is 13.1. The lowest BCUT2D eigenvalue weighted by Crippen LogP contribution is -2.30. The van der Waals surface area contributed by atoms with Gasteiger partial charge in [0.05, 0.1) is 26.4 Å². The van der Waals surface area contributed by atoms with Crippen molar-refractivity contribution < 1.29 is 80.2 Å². The minimum absolute atomic E-state index is 0.107. The van der Waals surface area contributed by atoms with Gasteiger partial charge in [-0.15, -0.1) is 0 Å². The van der Waals surface area contributed by atoms with Gasteiger partial charge in [0.1, 0.15) is 19.3 Å². The number of carbonyl (C=O) groups is 4. The number of hydrogen-bond donors (Lipinski definition) is 3. The Labute approximate surface area is 632 Å². The second kappa shape index (κ2) is 75.5. The smallest absolute Gasteiger partial charge is 0.462 e. The summed E-state index contributed by atoms with van der Waals surface area (Å²) in [6, 6.07) is 0. The van der Waals surface area contributed by atoms with Gasteiger partial charge in [0.2, 0.25) is 0 Å². The number of phosphoric acid groups is 2. The van der Waals surface area contributed by atoms with Crippen LogP contribution in [0.25, 0.3) is 0 Å². The van der Waals surface area contributed by atoms with Gasteiger partial charge in [-0.05, 0) is 37.5 Å². The van der Waals surface area contributed by atoms with E-state index in [1.165, 1.54) is 263 Å². The molecule has 0 fully saturated rings.